The molecule has 0 atom stereocenters. The number of hydrogen-bond acceptors (Lipinski definition) is 4. The Kier molecular flexibility index (Phi) is 8.23. The van der Waals surface area contributed by atoms with E-state index in [4.69, 9.17) is 4.74 Å². The fourth-order valence-corrected chi connectivity index (χ4v) is 3.73. The summed E-state index contributed by atoms with van der Waals surface area (Å²) < 4.78 is 31.9. The van der Waals surface area contributed by atoms with Crippen molar-refractivity contribution in [1.29, 1.82) is 0 Å². The molecule has 2 aromatic carbocycles. The van der Waals surface area contributed by atoms with E-state index in [-0.39, 0.29) is 4.90 Å². The van der Waals surface area contributed by atoms with Gasteiger partial charge in [0.15, 0.2) is 5.96 Å². The molecule has 156 valence electrons. The lowest BCUT2D eigenvalue weighted by atomic mass is 10.2. The molecule has 2 aromatic rings. The minimum absolute atomic E-state index is 0.274. The molecule has 0 aliphatic heterocycles. The predicted octanol–water partition coefficient (Wildman–Crippen LogP) is 2.37. The maximum Gasteiger partial charge on any atom is 0.242 e. The van der Waals surface area contributed by atoms with E-state index in [1.165, 1.54) is 18.4 Å². The molecule has 0 saturated carbocycles. The van der Waals surface area contributed by atoms with Crippen LogP contribution < -0.4 is 15.4 Å². The highest BCUT2D eigenvalue weighted by Gasteiger charge is 2.20. The molecular weight excluding hydrogens is 388 g/mol. The minimum atomic E-state index is -3.52. The van der Waals surface area contributed by atoms with Crippen LogP contribution in [0.5, 0.6) is 5.75 Å². The van der Waals surface area contributed by atoms with Crippen molar-refractivity contribution in [3.63, 3.8) is 0 Å². The maximum atomic E-state index is 12.5. The standard InChI is InChI=1S/C21H28N4O3S/c1-5-14-28-19-12-8-6-10-17(19)15-23-21(22-2)24-16-18-11-7-9-13-20(18)29(26,27)25(3)4/h5-13H,1,14-16H2,2-4H3,(H2,22,23,24). The summed E-state index contributed by atoms with van der Waals surface area (Å²) >= 11 is 0. The van der Waals surface area contributed by atoms with E-state index in [2.05, 4.69) is 22.2 Å². The van der Waals surface area contributed by atoms with E-state index in [9.17, 15) is 8.42 Å². The third kappa shape index (κ3) is 6.07. The van der Waals surface area contributed by atoms with Crippen molar-refractivity contribution >= 4 is 16.0 Å². The molecule has 0 heterocycles. The molecule has 0 spiro atoms. The lowest BCUT2D eigenvalue weighted by Gasteiger charge is -2.17. The number of nitrogens with zero attached hydrogens (tertiary/aromatic N) is 2. The summed E-state index contributed by atoms with van der Waals surface area (Å²) in [5.41, 5.74) is 1.65. The molecular formula is C21H28N4O3S. The van der Waals surface area contributed by atoms with Crippen LogP contribution >= 0.6 is 0 Å². The Bertz CT molecular complexity index is 956. The molecule has 2 rings (SSSR count). The number of nitrogens with one attached hydrogen (secondary N) is 2. The van der Waals surface area contributed by atoms with Crippen LogP contribution in [-0.4, -0.2) is 46.4 Å². The lowest BCUT2D eigenvalue weighted by molar-refractivity contribution is 0.358. The SMILES string of the molecule is C=CCOc1ccccc1CNC(=NC)NCc1ccccc1S(=O)(=O)N(C)C. The number of sulfonamides is 1. The number of aliphatic imine (C=N–C) groups is 1. The Morgan fingerprint density at radius 3 is 2.28 bits per heavy atom. The van der Waals surface area contributed by atoms with Crippen LogP contribution in [-0.2, 0) is 23.1 Å². The summed E-state index contributed by atoms with van der Waals surface area (Å²) in [4.78, 5) is 4.49. The van der Waals surface area contributed by atoms with Crippen LogP contribution in [0.15, 0.2) is 71.1 Å². The van der Waals surface area contributed by atoms with Crippen molar-refractivity contribution in [2.24, 2.45) is 4.99 Å². The third-order valence-electron chi connectivity index (χ3n) is 4.18. The summed E-state index contributed by atoms with van der Waals surface area (Å²) in [6, 6.07) is 14.6. The zero-order valence-electron chi connectivity index (χ0n) is 17.1. The molecule has 0 unspecified atom stereocenters. The second-order valence-corrected chi connectivity index (χ2v) is 8.50. The smallest absolute Gasteiger partial charge is 0.242 e. The van der Waals surface area contributed by atoms with Crippen molar-refractivity contribution in [1.82, 2.24) is 14.9 Å². The highest BCUT2D eigenvalue weighted by atomic mass is 32.2. The molecule has 0 fully saturated rings. The van der Waals surface area contributed by atoms with E-state index >= 15 is 0 Å². The van der Waals surface area contributed by atoms with Gasteiger partial charge in [-0.1, -0.05) is 49.1 Å². The molecule has 0 bridgehead atoms. The Morgan fingerprint density at radius 1 is 1.07 bits per heavy atom. The van der Waals surface area contributed by atoms with Crippen LogP contribution in [0.2, 0.25) is 0 Å². The Hall–Kier alpha value is -2.84. The summed E-state index contributed by atoms with van der Waals surface area (Å²) in [5.74, 6) is 1.33. The van der Waals surface area contributed by atoms with Gasteiger partial charge in [0.25, 0.3) is 0 Å². The maximum absolute atomic E-state index is 12.5. The molecule has 0 saturated heterocycles. The fraction of sp³-hybridized carbons (Fsp3) is 0.286. The van der Waals surface area contributed by atoms with Crippen LogP contribution in [0.1, 0.15) is 11.1 Å². The first kappa shape index (κ1) is 22.4. The zero-order chi connectivity index (χ0) is 21.3. The van der Waals surface area contributed by atoms with E-state index in [1.807, 2.05) is 30.3 Å². The first-order valence-corrected chi connectivity index (χ1v) is 10.6. The van der Waals surface area contributed by atoms with Crippen molar-refractivity contribution in [3.05, 3.63) is 72.3 Å². The topological polar surface area (TPSA) is 83.0 Å². The Labute approximate surface area is 173 Å². The van der Waals surface area contributed by atoms with Gasteiger partial charge in [0.05, 0.1) is 4.90 Å². The van der Waals surface area contributed by atoms with Gasteiger partial charge in [-0.2, -0.15) is 0 Å². The van der Waals surface area contributed by atoms with Gasteiger partial charge in [0.2, 0.25) is 10.0 Å². The third-order valence-corrected chi connectivity index (χ3v) is 6.09. The summed E-state index contributed by atoms with van der Waals surface area (Å²) in [7, 11) is 1.18. The molecule has 0 radical (unpaired) electrons. The molecule has 8 heteroatoms. The van der Waals surface area contributed by atoms with Gasteiger partial charge in [-0.25, -0.2) is 12.7 Å². The van der Waals surface area contributed by atoms with Crippen LogP contribution in [0.3, 0.4) is 0 Å². The molecule has 0 aliphatic carbocycles. The van der Waals surface area contributed by atoms with Gasteiger partial charge in [0.1, 0.15) is 12.4 Å². The van der Waals surface area contributed by atoms with Crippen LogP contribution in [0.25, 0.3) is 0 Å². The number of benzene rings is 2. The zero-order valence-corrected chi connectivity index (χ0v) is 17.9. The monoisotopic (exact) mass is 416 g/mol. The molecule has 0 aliphatic rings. The number of para-hydroxylation sites is 1. The summed E-state index contributed by atoms with van der Waals surface area (Å²) in [6.45, 7) is 4.92. The number of rotatable bonds is 9. The number of hydrogen-bond donors (Lipinski definition) is 2. The van der Waals surface area contributed by atoms with Crippen LogP contribution in [0.4, 0.5) is 0 Å². The van der Waals surface area contributed by atoms with E-state index < -0.39 is 10.0 Å². The quantitative estimate of drug-likeness (QED) is 0.373. The first-order chi connectivity index (χ1) is 13.9. The summed E-state index contributed by atoms with van der Waals surface area (Å²) in [6.07, 6.45) is 1.70. The average Bonchev–Trinajstić information content (AvgIpc) is 2.73. The second-order valence-electron chi connectivity index (χ2n) is 6.38. The molecule has 0 amide bonds. The van der Waals surface area contributed by atoms with E-state index in [0.717, 1.165) is 11.3 Å². The number of guanidine groups is 1. The largest absolute Gasteiger partial charge is 0.489 e. The van der Waals surface area contributed by atoms with Gasteiger partial charge >= 0.3 is 0 Å². The summed E-state index contributed by atoms with van der Waals surface area (Å²) in [5, 5.41) is 6.40. The molecule has 29 heavy (non-hydrogen) atoms. The highest BCUT2D eigenvalue weighted by molar-refractivity contribution is 7.89. The molecule has 2 N–H and O–H groups in total. The average molecular weight is 417 g/mol. The van der Waals surface area contributed by atoms with Gasteiger partial charge in [-0.05, 0) is 17.7 Å². The minimum Gasteiger partial charge on any atom is -0.489 e. The van der Waals surface area contributed by atoms with E-state index in [0.29, 0.717) is 31.2 Å². The van der Waals surface area contributed by atoms with Crippen molar-refractivity contribution in [2.45, 2.75) is 18.0 Å². The fourth-order valence-electron chi connectivity index (χ4n) is 2.62. The van der Waals surface area contributed by atoms with Gasteiger partial charge in [-0.3, -0.25) is 4.99 Å². The number of ether oxygens (including phenoxy) is 1. The highest BCUT2D eigenvalue weighted by Crippen LogP contribution is 2.19. The molecule has 7 nitrogen and oxygen atoms in total. The van der Waals surface area contributed by atoms with Crippen molar-refractivity contribution in [3.8, 4) is 5.75 Å². The predicted molar refractivity (Wildman–Crippen MR) is 116 cm³/mol. The van der Waals surface area contributed by atoms with Gasteiger partial charge in [-0.15, -0.1) is 0 Å². The lowest BCUT2D eigenvalue weighted by Crippen LogP contribution is -2.37. The van der Waals surface area contributed by atoms with Crippen LogP contribution in [0, 0.1) is 0 Å². The Balaban J connectivity index is 2.06. The van der Waals surface area contributed by atoms with Gasteiger partial charge in [0, 0.05) is 39.8 Å². The molecule has 0 aromatic heterocycles. The van der Waals surface area contributed by atoms with E-state index in [1.54, 1.807) is 31.3 Å². The Morgan fingerprint density at radius 2 is 1.66 bits per heavy atom. The van der Waals surface area contributed by atoms with Gasteiger partial charge < -0.3 is 15.4 Å². The van der Waals surface area contributed by atoms with Crippen molar-refractivity contribution in [2.75, 3.05) is 27.7 Å². The second kappa shape index (κ2) is 10.6. The normalized spacial score (nSPS) is 11.9. The first-order valence-electron chi connectivity index (χ1n) is 9.16. The van der Waals surface area contributed by atoms with Crippen molar-refractivity contribution < 1.29 is 13.2 Å².